The molecule has 1 heterocycles. The minimum Gasteiger partial charge on any atom is -0.484 e. The van der Waals surface area contributed by atoms with Crippen LogP contribution in [0.2, 0.25) is 0 Å². The molecule has 29 heavy (non-hydrogen) atoms. The molecule has 0 saturated carbocycles. The molecular formula is C23H23NO5. The number of fused-ring (bicyclic) bond motifs is 1. The predicted octanol–water partition coefficient (Wildman–Crippen LogP) is 4.88. The summed E-state index contributed by atoms with van der Waals surface area (Å²) in [6, 6.07) is 13.4. The lowest BCUT2D eigenvalue weighted by molar-refractivity contribution is -0.124. The summed E-state index contributed by atoms with van der Waals surface area (Å²) >= 11 is 0. The molecule has 6 nitrogen and oxygen atoms in total. The summed E-state index contributed by atoms with van der Waals surface area (Å²) in [4.78, 5) is 11.5. The van der Waals surface area contributed by atoms with Gasteiger partial charge in [0.2, 0.25) is 5.75 Å². The van der Waals surface area contributed by atoms with Crippen LogP contribution in [0.5, 0.6) is 11.5 Å². The first-order valence-corrected chi connectivity index (χ1v) is 9.17. The van der Waals surface area contributed by atoms with Crippen molar-refractivity contribution in [3.05, 3.63) is 77.6 Å². The van der Waals surface area contributed by atoms with Crippen molar-refractivity contribution in [2.75, 3.05) is 6.61 Å². The number of hydroxylamine groups is 1. The van der Waals surface area contributed by atoms with Gasteiger partial charge in [-0.2, -0.15) is 0 Å². The fraction of sp³-hybridized carbons (Fsp3) is 0.174. The van der Waals surface area contributed by atoms with Gasteiger partial charge in [-0.05, 0) is 43.7 Å². The lowest BCUT2D eigenvalue weighted by Crippen LogP contribution is -2.14. The Balaban J connectivity index is 2.03. The average Bonchev–Trinajstić information content (AvgIpc) is 3.19. The van der Waals surface area contributed by atoms with Crippen LogP contribution in [0.3, 0.4) is 0 Å². The second kappa shape index (κ2) is 9.61. The molecule has 0 atom stereocenters. The molecule has 6 heteroatoms. The minimum absolute atomic E-state index is 0.319. The standard InChI is InChI=1S/C23H23NO5/c1-16(2)10-12-28-23-21-19(11-13-27-21)14-18(8-9-20(25)24-26)22(23)29-15-17-6-4-3-5-7-17/h3-11,13-14,26H,12,15H2,1-2H3,(H,24,25)/b9-8+. The molecule has 3 rings (SSSR count). The fourth-order valence-electron chi connectivity index (χ4n) is 2.71. The van der Waals surface area contributed by atoms with E-state index in [0.29, 0.717) is 35.9 Å². The number of carbonyl (C=O) groups excluding carboxylic acids is 1. The van der Waals surface area contributed by atoms with Crippen LogP contribution in [0.4, 0.5) is 0 Å². The molecular weight excluding hydrogens is 370 g/mol. The van der Waals surface area contributed by atoms with Crippen LogP contribution in [-0.2, 0) is 11.4 Å². The van der Waals surface area contributed by atoms with E-state index in [-0.39, 0.29) is 0 Å². The van der Waals surface area contributed by atoms with Gasteiger partial charge in [0.1, 0.15) is 13.2 Å². The maximum Gasteiger partial charge on any atom is 0.267 e. The van der Waals surface area contributed by atoms with E-state index >= 15 is 0 Å². The number of carbonyl (C=O) groups is 1. The van der Waals surface area contributed by atoms with Crippen molar-refractivity contribution in [2.24, 2.45) is 0 Å². The van der Waals surface area contributed by atoms with E-state index in [0.717, 1.165) is 16.5 Å². The summed E-state index contributed by atoms with van der Waals surface area (Å²) in [6.45, 7) is 4.65. The van der Waals surface area contributed by atoms with Crippen molar-refractivity contribution < 1.29 is 23.9 Å². The highest BCUT2D eigenvalue weighted by atomic mass is 16.5. The summed E-state index contributed by atoms with van der Waals surface area (Å²) < 4.78 is 17.7. The summed E-state index contributed by atoms with van der Waals surface area (Å²) in [5.74, 6) is 0.281. The third-order valence-electron chi connectivity index (χ3n) is 4.15. The van der Waals surface area contributed by atoms with Crippen molar-refractivity contribution in [3.63, 3.8) is 0 Å². The third-order valence-corrected chi connectivity index (χ3v) is 4.15. The van der Waals surface area contributed by atoms with Crippen LogP contribution in [0, 0.1) is 0 Å². The van der Waals surface area contributed by atoms with E-state index in [1.165, 1.54) is 6.08 Å². The first-order chi connectivity index (χ1) is 14.1. The fourth-order valence-corrected chi connectivity index (χ4v) is 2.71. The second-order valence-corrected chi connectivity index (χ2v) is 6.64. The SMILES string of the molecule is CC(C)=CCOc1c(OCc2ccccc2)c(/C=C/C(=O)NO)cc2ccoc12. The van der Waals surface area contributed by atoms with E-state index in [9.17, 15) is 4.79 Å². The predicted molar refractivity (Wildman–Crippen MR) is 111 cm³/mol. The first-order valence-electron chi connectivity index (χ1n) is 9.17. The largest absolute Gasteiger partial charge is 0.484 e. The molecule has 0 aliphatic rings. The van der Waals surface area contributed by atoms with Gasteiger partial charge in [0.15, 0.2) is 11.3 Å². The lowest BCUT2D eigenvalue weighted by Gasteiger charge is -2.15. The molecule has 0 bridgehead atoms. The van der Waals surface area contributed by atoms with Gasteiger partial charge in [-0.15, -0.1) is 0 Å². The Kier molecular flexibility index (Phi) is 6.71. The molecule has 0 radical (unpaired) electrons. The van der Waals surface area contributed by atoms with Gasteiger partial charge in [0.05, 0.1) is 6.26 Å². The zero-order valence-electron chi connectivity index (χ0n) is 16.3. The monoisotopic (exact) mass is 393 g/mol. The van der Waals surface area contributed by atoms with Crippen LogP contribution in [-0.4, -0.2) is 17.7 Å². The summed E-state index contributed by atoms with van der Waals surface area (Å²) in [5.41, 5.74) is 4.90. The Morgan fingerprint density at radius 2 is 1.93 bits per heavy atom. The van der Waals surface area contributed by atoms with Crippen molar-refractivity contribution in [1.82, 2.24) is 5.48 Å². The molecule has 0 unspecified atom stereocenters. The van der Waals surface area contributed by atoms with Crippen LogP contribution in [0.25, 0.3) is 17.0 Å². The molecule has 0 aliphatic carbocycles. The first kappa shape index (κ1) is 20.2. The molecule has 1 aromatic heterocycles. The number of ether oxygens (including phenoxy) is 2. The number of nitrogens with one attached hydrogen (secondary N) is 1. The van der Waals surface area contributed by atoms with E-state index in [4.69, 9.17) is 19.1 Å². The Labute approximate surface area is 169 Å². The van der Waals surface area contributed by atoms with Crippen LogP contribution in [0.1, 0.15) is 25.0 Å². The van der Waals surface area contributed by atoms with E-state index in [1.807, 2.05) is 62.4 Å². The number of hydrogen-bond donors (Lipinski definition) is 2. The Bertz CT molecular complexity index is 1030. The molecule has 0 aliphatic heterocycles. The molecule has 2 N–H and O–H groups in total. The molecule has 0 spiro atoms. The molecule has 3 aromatic rings. The number of rotatable bonds is 8. The molecule has 0 saturated heterocycles. The van der Waals surface area contributed by atoms with Crippen molar-refractivity contribution >= 4 is 23.0 Å². The summed E-state index contributed by atoms with van der Waals surface area (Å²) in [6.07, 6.45) is 6.31. The van der Waals surface area contributed by atoms with Gasteiger partial charge in [-0.1, -0.05) is 35.9 Å². The highest BCUT2D eigenvalue weighted by molar-refractivity contribution is 5.94. The second-order valence-electron chi connectivity index (χ2n) is 6.64. The highest BCUT2D eigenvalue weighted by Gasteiger charge is 2.18. The topological polar surface area (TPSA) is 80.9 Å². The molecule has 150 valence electrons. The molecule has 2 aromatic carbocycles. The summed E-state index contributed by atoms with van der Waals surface area (Å²) in [5, 5.41) is 9.58. The number of furan rings is 1. The molecule has 0 fully saturated rings. The number of benzene rings is 2. The van der Waals surface area contributed by atoms with Crippen LogP contribution < -0.4 is 15.0 Å². The maximum absolute atomic E-state index is 11.5. The molecule has 1 amide bonds. The van der Waals surface area contributed by atoms with Crippen molar-refractivity contribution in [2.45, 2.75) is 20.5 Å². The van der Waals surface area contributed by atoms with Gasteiger partial charge in [-0.3, -0.25) is 10.0 Å². The van der Waals surface area contributed by atoms with Gasteiger partial charge in [0.25, 0.3) is 5.91 Å². The summed E-state index contributed by atoms with van der Waals surface area (Å²) in [7, 11) is 0. The van der Waals surface area contributed by atoms with Crippen molar-refractivity contribution in [1.29, 1.82) is 0 Å². The van der Waals surface area contributed by atoms with E-state index in [1.54, 1.807) is 17.8 Å². The quantitative estimate of drug-likeness (QED) is 0.247. The van der Waals surface area contributed by atoms with E-state index < -0.39 is 5.91 Å². The van der Waals surface area contributed by atoms with Gasteiger partial charge in [-0.25, -0.2) is 5.48 Å². The number of hydrogen-bond acceptors (Lipinski definition) is 5. The Morgan fingerprint density at radius 3 is 2.66 bits per heavy atom. The van der Waals surface area contributed by atoms with Gasteiger partial charge >= 0.3 is 0 Å². The lowest BCUT2D eigenvalue weighted by atomic mass is 10.1. The smallest absolute Gasteiger partial charge is 0.267 e. The Hall–Kier alpha value is -3.51. The average molecular weight is 393 g/mol. The van der Waals surface area contributed by atoms with Crippen LogP contribution >= 0.6 is 0 Å². The highest BCUT2D eigenvalue weighted by Crippen LogP contribution is 2.41. The van der Waals surface area contributed by atoms with Gasteiger partial charge in [0, 0.05) is 17.0 Å². The van der Waals surface area contributed by atoms with Crippen LogP contribution in [0.15, 0.2) is 70.9 Å². The normalized spacial score (nSPS) is 10.9. The number of amides is 1. The third kappa shape index (κ3) is 5.27. The zero-order chi connectivity index (χ0) is 20.6. The van der Waals surface area contributed by atoms with Crippen molar-refractivity contribution in [3.8, 4) is 11.5 Å². The van der Waals surface area contributed by atoms with Gasteiger partial charge < -0.3 is 13.9 Å². The van der Waals surface area contributed by atoms with E-state index in [2.05, 4.69) is 0 Å². The Morgan fingerprint density at radius 1 is 1.14 bits per heavy atom. The number of allylic oxidation sites excluding steroid dienone is 1. The maximum atomic E-state index is 11.5. The minimum atomic E-state index is -0.640. The zero-order valence-corrected chi connectivity index (χ0v) is 16.3.